The zero-order valence-corrected chi connectivity index (χ0v) is 18.6. The van der Waals surface area contributed by atoms with Crippen molar-refractivity contribution in [2.45, 2.75) is 70.6 Å². The number of hydrogen-bond acceptors (Lipinski definition) is 5. The monoisotopic (exact) mass is 425 g/mol. The number of carbonyl (C=O) groups excluding carboxylic acids is 1. The number of aromatic nitrogens is 1. The summed E-state index contributed by atoms with van der Waals surface area (Å²) in [4.78, 5) is 22.3. The number of ether oxygens (including phenoxy) is 1. The van der Waals surface area contributed by atoms with Gasteiger partial charge in [0.1, 0.15) is 16.9 Å². The van der Waals surface area contributed by atoms with Crippen LogP contribution in [0.1, 0.15) is 56.0 Å². The third-order valence-corrected chi connectivity index (χ3v) is 7.94. The zero-order chi connectivity index (χ0) is 20.5. The highest BCUT2D eigenvalue weighted by atomic mass is 32.1. The van der Waals surface area contributed by atoms with Crippen LogP contribution < -0.4 is 4.74 Å². The van der Waals surface area contributed by atoms with E-state index in [-0.39, 0.29) is 5.91 Å². The molecule has 30 heavy (non-hydrogen) atoms. The normalized spacial score (nSPS) is 24.6. The summed E-state index contributed by atoms with van der Waals surface area (Å²) in [6.07, 6.45) is 9.04. The maximum atomic E-state index is 11.7. The number of carbonyl (C=O) groups is 1. The summed E-state index contributed by atoms with van der Waals surface area (Å²) in [6.45, 7) is 5.66. The zero-order valence-electron chi connectivity index (χ0n) is 17.8. The number of benzene rings is 1. The molecule has 0 spiro atoms. The molecule has 0 N–H and O–H groups in total. The molecular weight excluding hydrogens is 394 g/mol. The van der Waals surface area contributed by atoms with Crippen molar-refractivity contribution in [1.82, 2.24) is 14.8 Å². The summed E-state index contributed by atoms with van der Waals surface area (Å²) in [5, 5.41) is 1.04. The van der Waals surface area contributed by atoms with Gasteiger partial charge in [0.05, 0.1) is 12.2 Å². The Hall–Kier alpha value is -1.92. The molecule has 5 nitrogen and oxygen atoms in total. The molecule has 3 heterocycles. The Morgan fingerprint density at radius 2 is 1.80 bits per heavy atom. The Labute approximate surface area is 183 Å². The number of thiazole rings is 1. The van der Waals surface area contributed by atoms with Gasteiger partial charge in [-0.15, -0.1) is 11.3 Å². The third kappa shape index (κ3) is 4.26. The van der Waals surface area contributed by atoms with Gasteiger partial charge in [-0.1, -0.05) is 12.8 Å². The average Bonchev–Trinajstić information content (AvgIpc) is 2.97. The lowest BCUT2D eigenvalue weighted by Crippen LogP contribution is -2.49. The standard InChI is InChI=1S/C24H31N3O2S/c1-17(28)27-13-10-22-23(16-27)30-24(25-22)18-6-8-20(9-7-18)29-21-14-19(15-21)26-11-4-2-3-5-12-26/h6-9,19,21H,2-5,10-16H2,1H3/t19-,21-. The third-order valence-electron chi connectivity index (χ3n) is 6.81. The van der Waals surface area contributed by atoms with Gasteiger partial charge >= 0.3 is 0 Å². The van der Waals surface area contributed by atoms with Crippen LogP contribution in [-0.2, 0) is 17.8 Å². The van der Waals surface area contributed by atoms with Gasteiger partial charge in [0.25, 0.3) is 0 Å². The van der Waals surface area contributed by atoms with Crippen LogP contribution >= 0.6 is 11.3 Å². The smallest absolute Gasteiger partial charge is 0.219 e. The molecular formula is C24H31N3O2S. The molecule has 1 aliphatic carbocycles. The first-order valence-corrected chi connectivity index (χ1v) is 12.2. The lowest BCUT2D eigenvalue weighted by Gasteiger charge is -2.42. The molecule has 2 aromatic rings. The van der Waals surface area contributed by atoms with Gasteiger partial charge in [0.2, 0.25) is 5.91 Å². The Bertz CT molecular complexity index is 880. The first-order chi connectivity index (χ1) is 14.7. The van der Waals surface area contributed by atoms with Crippen molar-refractivity contribution in [2.75, 3.05) is 19.6 Å². The molecule has 0 unspecified atom stereocenters. The Balaban J connectivity index is 1.17. The summed E-state index contributed by atoms with van der Waals surface area (Å²) in [5.41, 5.74) is 2.29. The Kier molecular flexibility index (Phi) is 5.79. The highest BCUT2D eigenvalue weighted by Gasteiger charge is 2.35. The number of nitrogens with zero attached hydrogens (tertiary/aromatic N) is 3. The average molecular weight is 426 g/mol. The summed E-state index contributed by atoms with van der Waals surface area (Å²) in [7, 11) is 0. The van der Waals surface area contributed by atoms with Gasteiger partial charge in [0.15, 0.2) is 0 Å². The van der Waals surface area contributed by atoms with Crippen molar-refractivity contribution in [2.24, 2.45) is 0 Å². The molecule has 6 heteroatoms. The summed E-state index contributed by atoms with van der Waals surface area (Å²) >= 11 is 1.71. The van der Waals surface area contributed by atoms with Crippen molar-refractivity contribution in [1.29, 1.82) is 0 Å². The van der Waals surface area contributed by atoms with Crippen LogP contribution in [0.15, 0.2) is 24.3 Å². The quantitative estimate of drug-likeness (QED) is 0.724. The van der Waals surface area contributed by atoms with E-state index in [1.165, 1.54) is 43.6 Å². The van der Waals surface area contributed by atoms with E-state index in [0.717, 1.165) is 53.9 Å². The maximum Gasteiger partial charge on any atom is 0.219 e. The number of hydrogen-bond donors (Lipinski definition) is 0. The molecule has 2 fully saturated rings. The number of rotatable bonds is 4. The van der Waals surface area contributed by atoms with Gasteiger partial charge in [-0.2, -0.15) is 0 Å². The second kappa shape index (κ2) is 8.67. The van der Waals surface area contributed by atoms with E-state index in [1.54, 1.807) is 18.3 Å². The highest BCUT2D eigenvalue weighted by Crippen LogP contribution is 2.34. The summed E-state index contributed by atoms with van der Waals surface area (Å²) in [6, 6.07) is 9.12. The van der Waals surface area contributed by atoms with Crippen LogP contribution in [0.5, 0.6) is 5.75 Å². The summed E-state index contributed by atoms with van der Waals surface area (Å²) < 4.78 is 6.23. The van der Waals surface area contributed by atoms with Crippen LogP contribution in [-0.4, -0.2) is 52.5 Å². The molecule has 3 aliphatic rings. The molecule has 1 saturated heterocycles. The van der Waals surface area contributed by atoms with Crippen molar-refractivity contribution in [3.05, 3.63) is 34.8 Å². The van der Waals surface area contributed by atoms with E-state index in [9.17, 15) is 4.79 Å². The molecule has 160 valence electrons. The maximum absolute atomic E-state index is 11.7. The lowest BCUT2D eigenvalue weighted by molar-refractivity contribution is -0.129. The molecule has 0 atom stereocenters. The first kappa shape index (κ1) is 20.0. The molecule has 1 amide bonds. The minimum absolute atomic E-state index is 0.145. The number of likely N-dealkylation sites (tertiary alicyclic amines) is 1. The predicted molar refractivity (Wildman–Crippen MR) is 120 cm³/mol. The van der Waals surface area contributed by atoms with Gasteiger partial charge < -0.3 is 14.5 Å². The fourth-order valence-electron chi connectivity index (χ4n) is 4.85. The Morgan fingerprint density at radius 3 is 2.50 bits per heavy atom. The molecule has 1 saturated carbocycles. The van der Waals surface area contributed by atoms with Crippen LogP contribution in [0.25, 0.3) is 10.6 Å². The molecule has 5 rings (SSSR count). The van der Waals surface area contributed by atoms with Crippen LogP contribution in [0, 0.1) is 0 Å². The van der Waals surface area contributed by atoms with Gasteiger partial charge in [-0.25, -0.2) is 4.98 Å². The van der Waals surface area contributed by atoms with Gasteiger partial charge in [-0.05, 0) is 50.2 Å². The number of fused-ring (bicyclic) bond motifs is 1. The lowest BCUT2D eigenvalue weighted by atomic mass is 9.87. The SMILES string of the molecule is CC(=O)N1CCc2nc(-c3ccc(O[C@H]4C[C@H](N5CCCCCC5)C4)cc3)sc2C1. The van der Waals surface area contributed by atoms with E-state index < -0.39 is 0 Å². The van der Waals surface area contributed by atoms with Crippen LogP contribution in [0.3, 0.4) is 0 Å². The highest BCUT2D eigenvalue weighted by molar-refractivity contribution is 7.15. The van der Waals surface area contributed by atoms with E-state index in [4.69, 9.17) is 9.72 Å². The fraction of sp³-hybridized carbons (Fsp3) is 0.583. The second-order valence-electron chi connectivity index (χ2n) is 8.92. The van der Waals surface area contributed by atoms with E-state index in [2.05, 4.69) is 29.2 Å². The molecule has 0 bridgehead atoms. The fourth-order valence-corrected chi connectivity index (χ4v) is 5.98. The van der Waals surface area contributed by atoms with E-state index in [1.807, 2.05) is 4.90 Å². The topological polar surface area (TPSA) is 45.7 Å². The minimum atomic E-state index is 0.145. The van der Waals surface area contributed by atoms with Gasteiger partial charge in [-0.3, -0.25) is 4.79 Å². The Morgan fingerprint density at radius 1 is 1.07 bits per heavy atom. The second-order valence-corrected chi connectivity index (χ2v) is 10.0. The largest absolute Gasteiger partial charge is 0.490 e. The molecule has 0 radical (unpaired) electrons. The van der Waals surface area contributed by atoms with Crippen molar-refractivity contribution in [3.8, 4) is 16.3 Å². The van der Waals surface area contributed by atoms with Crippen LogP contribution in [0.4, 0.5) is 0 Å². The molecule has 1 aromatic carbocycles. The van der Waals surface area contributed by atoms with Crippen molar-refractivity contribution in [3.63, 3.8) is 0 Å². The number of amides is 1. The molecule has 1 aromatic heterocycles. The van der Waals surface area contributed by atoms with Crippen LogP contribution in [0.2, 0.25) is 0 Å². The van der Waals surface area contributed by atoms with Crippen molar-refractivity contribution < 1.29 is 9.53 Å². The molecule has 2 aliphatic heterocycles. The predicted octanol–water partition coefficient (Wildman–Crippen LogP) is 4.50. The van der Waals surface area contributed by atoms with Crippen molar-refractivity contribution >= 4 is 17.2 Å². The first-order valence-electron chi connectivity index (χ1n) is 11.4. The van der Waals surface area contributed by atoms with E-state index in [0.29, 0.717) is 12.6 Å². The van der Waals surface area contributed by atoms with Gasteiger partial charge in [0, 0.05) is 49.2 Å². The van der Waals surface area contributed by atoms with E-state index >= 15 is 0 Å². The minimum Gasteiger partial charge on any atom is -0.490 e. The summed E-state index contributed by atoms with van der Waals surface area (Å²) in [5.74, 6) is 1.10.